The quantitative estimate of drug-likeness (QED) is 0.594. The maximum absolute atomic E-state index is 13.4. The van der Waals surface area contributed by atoms with Gasteiger partial charge in [-0.3, -0.25) is 4.79 Å². The minimum atomic E-state index is -3.80. The molecule has 0 fully saturated rings. The third-order valence-electron chi connectivity index (χ3n) is 5.05. The van der Waals surface area contributed by atoms with Gasteiger partial charge < -0.3 is 14.2 Å². The zero-order valence-corrected chi connectivity index (χ0v) is 18.3. The summed E-state index contributed by atoms with van der Waals surface area (Å²) in [7, 11) is -2.50. The third-order valence-corrected chi connectivity index (χ3v) is 6.97. The number of esters is 1. The molecule has 1 aliphatic heterocycles. The second-order valence-corrected chi connectivity index (χ2v) is 8.73. The van der Waals surface area contributed by atoms with Gasteiger partial charge in [0.2, 0.25) is 10.0 Å². The Balaban J connectivity index is 2.10. The third kappa shape index (κ3) is 4.44. The van der Waals surface area contributed by atoms with Crippen LogP contribution in [-0.2, 0) is 26.0 Å². The monoisotopic (exact) mass is 433 g/mol. The minimum absolute atomic E-state index is 0.0882. The normalized spacial score (nSPS) is 16.6. The molecule has 0 spiro atoms. The van der Waals surface area contributed by atoms with E-state index in [0.717, 1.165) is 11.1 Å². The van der Waals surface area contributed by atoms with Crippen molar-refractivity contribution >= 4 is 16.0 Å². The Kier molecular flexibility index (Phi) is 6.99. The number of hydrogen-bond acceptors (Lipinski definition) is 6. The lowest BCUT2D eigenvalue weighted by molar-refractivity contribution is -0.141. The van der Waals surface area contributed by atoms with E-state index in [-0.39, 0.29) is 17.9 Å². The summed E-state index contributed by atoms with van der Waals surface area (Å²) >= 11 is 0. The minimum Gasteiger partial charge on any atom is -0.490 e. The van der Waals surface area contributed by atoms with Crippen LogP contribution in [0.1, 0.15) is 37.4 Å². The molecule has 162 valence electrons. The van der Waals surface area contributed by atoms with Crippen molar-refractivity contribution in [3.63, 3.8) is 0 Å². The van der Waals surface area contributed by atoms with Gasteiger partial charge in [-0.2, -0.15) is 4.31 Å². The SMILES string of the molecule is CCOc1cc2c(cc1OCC)C(CC(=O)OC)N(S(=O)(=O)c1ccccc1)CC2. The number of rotatable bonds is 8. The van der Waals surface area contributed by atoms with Crippen molar-refractivity contribution in [3.8, 4) is 11.5 Å². The molecule has 1 atom stereocenters. The molecule has 1 unspecified atom stereocenters. The lowest BCUT2D eigenvalue weighted by Crippen LogP contribution is -2.41. The van der Waals surface area contributed by atoms with Crippen LogP contribution >= 0.6 is 0 Å². The number of benzene rings is 2. The van der Waals surface area contributed by atoms with Crippen LogP contribution in [0.2, 0.25) is 0 Å². The highest BCUT2D eigenvalue weighted by atomic mass is 32.2. The Bertz CT molecular complexity index is 990. The number of fused-ring (bicyclic) bond motifs is 1. The summed E-state index contributed by atoms with van der Waals surface area (Å²) in [5.41, 5.74) is 1.67. The molecule has 3 rings (SSSR count). The van der Waals surface area contributed by atoms with Gasteiger partial charge in [-0.05, 0) is 55.7 Å². The molecule has 0 aliphatic carbocycles. The number of sulfonamides is 1. The summed E-state index contributed by atoms with van der Waals surface area (Å²) in [5, 5.41) is 0. The molecule has 1 heterocycles. The highest BCUT2D eigenvalue weighted by Gasteiger charge is 2.38. The molecule has 8 heteroatoms. The van der Waals surface area contributed by atoms with E-state index in [1.165, 1.54) is 11.4 Å². The van der Waals surface area contributed by atoms with Crippen LogP contribution in [0.4, 0.5) is 0 Å². The number of hydrogen-bond donors (Lipinski definition) is 0. The fraction of sp³-hybridized carbons (Fsp3) is 0.409. The molecular formula is C22H27NO6S. The van der Waals surface area contributed by atoms with Crippen molar-refractivity contribution in [3.05, 3.63) is 53.6 Å². The van der Waals surface area contributed by atoms with Gasteiger partial charge in [-0.25, -0.2) is 8.42 Å². The van der Waals surface area contributed by atoms with Gasteiger partial charge in [0, 0.05) is 6.54 Å². The molecule has 30 heavy (non-hydrogen) atoms. The van der Waals surface area contributed by atoms with Crippen molar-refractivity contribution in [1.82, 2.24) is 4.31 Å². The van der Waals surface area contributed by atoms with Crippen molar-refractivity contribution in [2.75, 3.05) is 26.9 Å². The number of ether oxygens (including phenoxy) is 3. The first-order valence-corrected chi connectivity index (χ1v) is 11.4. The molecular weight excluding hydrogens is 406 g/mol. The summed E-state index contributed by atoms with van der Waals surface area (Å²) in [6.45, 7) is 4.94. The average molecular weight is 434 g/mol. The van der Waals surface area contributed by atoms with Gasteiger partial charge in [-0.1, -0.05) is 18.2 Å². The number of carbonyl (C=O) groups is 1. The Morgan fingerprint density at radius 2 is 1.70 bits per heavy atom. The van der Waals surface area contributed by atoms with Gasteiger partial charge in [-0.15, -0.1) is 0 Å². The molecule has 0 saturated carbocycles. The van der Waals surface area contributed by atoms with Crippen LogP contribution in [0.15, 0.2) is 47.4 Å². The first-order chi connectivity index (χ1) is 14.4. The molecule has 7 nitrogen and oxygen atoms in total. The maximum atomic E-state index is 13.4. The second kappa shape index (κ2) is 9.49. The summed E-state index contributed by atoms with van der Waals surface area (Å²) in [5.74, 6) is 0.675. The van der Waals surface area contributed by atoms with E-state index in [4.69, 9.17) is 14.2 Å². The molecule has 2 aromatic rings. The fourth-order valence-electron chi connectivity index (χ4n) is 3.69. The highest BCUT2D eigenvalue weighted by Crippen LogP contribution is 2.41. The molecule has 1 aliphatic rings. The van der Waals surface area contributed by atoms with Crippen LogP contribution in [0, 0.1) is 0 Å². The lowest BCUT2D eigenvalue weighted by Gasteiger charge is -2.36. The van der Waals surface area contributed by atoms with Crippen LogP contribution < -0.4 is 9.47 Å². The van der Waals surface area contributed by atoms with E-state index in [2.05, 4.69) is 0 Å². The predicted octanol–water partition coefficient (Wildman–Crippen LogP) is 3.34. The molecule has 0 radical (unpaired) electrons. The van der Waals surface area contributed by atoms with E-state index in [0.29, 0.717) is 31.1 Å². The fourth-order valence-corrected chi connectivity index (χ4v) is 5.32. The van der Waals surface area contributed by atoms with Gasteiger partial charge in [0.15, 0.2) is 11.5 Å². The molecule has 0 bridgehead atoms. The average Bonchev–Trinajstić information content (AvgIpc) is 2.75. The number of nitrogens with zero attached hydrogens (tertiary/aromatic N) is 1. The van der Waals surface area contributed by atoms with Crippen molar-refractivity contribution in [2.45, 2.75) is 37.6 Å². The van der Waals surface area contributed by atoms with E-state index in [9.17, 15) is 13.2 Å². The first kappa shape index (κ1) is 22.1. The zero-order valence-electron chi connectivity index (χ0n) is 17.5. The Labute approximate surface area is 177 Å². The van der Waals surface area contributed by atoms with Gasteiger partial charge in [0.25, 0.3) is 0 Å². The van der Waals surface area contributed by atoms with Crippen LogP contribution in [0.5, 0.6) is 11.5 Å². The van der Waals surface area contributed by atoms with Gasteiger partial charge >= 0.3 is 5.97 Å². The molecule has 0 N–H and O–H groups in total. The predicted molar refractivity (Wildman–Crippen MR) is 112 cm³/mol. The first-order valence-electron chi connectivity index (χ1n) is 9.98. The lowest BCUT2D eigenvalue weighted by atomic mass is 9.91. The van der Waals surface area contributed by atoms with Crippen molar-refractivity contribution < 1.29 is 27.4 Å². The smallest absolute Gasteiger partial charge is 0.307 e. The van der Waals surface area contributed by atoms with E-state index in [1.54, 1.807) is 36.4 Å². The molecule has 0 amide bonds. The Morgan fingerprint density at radius 1 is 1.07 bits per heavy atom. The van der Waals surface area contributed by atoms with Crippen LogP contribution in [0.25, 0.3) is 0 Å². The standard InChI is InChI=1S/C22H27NO6S/c1-4-28-20-13-16-11-12-23(30(25,26)17-9-7-6-8-10-17)19(15-22(24)27-3)18(16)14-21(20)29-5-2/h6-10,13-14,19H,4-5,11-12,15H2,1-3H3. The summed E-state index contributed by atoms with van der Waals surface area (Å²) in [6.07, 6.45) is 0.417. The topological polar surface area (TPSA) is 82.1 Å². The number of carbonyl (C=O) groups excluding carboxylic acids is 1. The van der Waals surface area contributed by atoms with E-state index >= 15 is 0 Å². The summed E-state index contributed by atoms with van der Waals surface area (Å²) < 4.78 is 44.4. The summed E-state index contributed by atoms with van der Waals surface area (Å²) in [6, 6.07) is 11.2. The highest BCUT2D eigenvalue weighted by molar-refractivity contribution is 7.89. The second-order valence-electron chi connectivity index (χ2n) is 6.84. The maximum Gasteiger partial charge on any atom is 0.307 e. The largest absolute Gasteiger partial charge is 0.490 e. The van der Waals surface area contributed by atoms with Crippen molar-refractivity contribution in [2.24, 2.45) is 0 Å². The van der Waals surface area contributed by atoms with E-state index in [1.807, 2.05) is 19.9 Å². The molecule has 0 saturated heterocycles. The Morgan fingerprint density at radius 3 is 2.30 bits per heavy atom. The van der Waals surface area contributed by atoms with Crippen LogP contribution in [-0.4, -0.2) is 45.6 Å². The molecule has 0 aromatic heterocycles. The number of methoxy groups -OCH3 is 1. The Hall–Kier alpha value is -2.58. The van der Waals surface area contributed by atoms with E-state index < -0.39 is 22.0 Å². The summed E-state index contributed by atoms with van der Waals surface area (Å²) in [4.78, 5) is 12.4. The van der Waals surface area contributed by atoms with Gasteiger partial charge in [0.1, 0.15) is 0 Å². The zero-order chi connectivity index (χ0) is 21.7. The van der Waals surface area contributed by atoms with Crippen molar-refractivity contribution in [1.29, 1.82) is 0 Å². The van der Waals surface area contributed by atoms with Gasteiger partial charge in [0.05, 0.1) is 37.7 Å². The van der Waals surface area contributed by atoms with Crippen LogP contribution in [0.3, 0.4) is 0 Å². The molecule has 2 aromatic carbocycles.